The van der Waals surface area contributed by atoms with E-state index < -0.39 is 0 Å². The van der Waals surface area contributed by atoms with Gasteiger partial charge >= 0.3 is 21.1 Å². The zero-order chi connectivity index (χ0) is 39.9. The number of para-hydroxylation sites is 5. The fraction of sp³-hybridized carbons (Fsp3) is 0.154. The van der Waals surface area contributed by atoms with E-state index in [0.29, 0.717) is 0 Å². The minimum Gasteiger partial charge on any atom is -0.358 e. The van der Waals surface area contributed by atoms with Crippen LogP contribution in [-0.4, -0.2) is 32.5 Å². The van der Waals surface area contributed by atoms with E-state index in [2.05, 4.69) is 216 Å². The van der Waals surface area contributed by atoms with Gasteiger partial charge in [0.2, 0.25) is 11.6 Å². The predicted molar refractivity (Wildman–Crippen MR) is 242 cm³/mol. The normalized spacial score (nSPS) is 12.7. The Kier molecular flexibility index (Phi) is 7.81. The monoisotopic (exact) mass is 958 g/mol. The van der Waals surface area contributed by atoms with Crippen molar-refractivity contribution in [3.63, 3.8) is 0 Å². The molecule has 0 spiro atoms. The van der Waals surface area contributed by atoms with Crippen LogP contribution in [0.25, 0.3) is 94.6 Å². The van der Waals surface area contributed by atoms with Crippen molar-refractivity contribution >= 4 is 77.5 Å². The summed E-state index contributed by atoms with van der Waals surface area (Å²) in [7, 11) is 0. The molecule has 12 aromatic rings. The van der Waals surface area contributed by atoms with Crippen LogP contribution in [-0.2, 0) is 31.9 Å². The maximum atomic E-state index is 5.31. The molecule has 60 heavy (non-hydrogen) atoms. The first kappa shape index (κ1) is 36.6. The fourth-order valence-corrected chi connectivity index (χ4v) is 9.19. The summed E-state index contributed by atoms with van der Waals surface area (Å²) < 4.78 is 11.4. The number of imidazole rings is 4. The molecule has 8 heteroatoms. The van der Waals surface area contributed by atoms with E-state index in [1.54, 1.807) is 0 Å². The molecule has 0 unspecified atom stereocenters. The standard InChI is InChI=1S/C52H41N7.Pt/c1-51(2,3)32-22-26-42-39(28-32)53-49-56(44-18-9-11-20-46(44)58(42)49)35-15-13-14-34(30-35)55-41-17-8-7-16-37(41)38-25-24-36(31-48(38)55)57-45-19-10-12-21-47(45)59-43-27-23-33(52(4,5)6)29-40(43)54-50(57)59;/h7-29H,1-6H3;/q-2;+2. The molecule has 0 saturated carbocycles. The summed E-state index contributed by atoms with van der Waals surface area (Å²) in [5.41, 5.74) is 15.9. The molecule has 12 rings (SSSR count). The van der Waals surface area contributed by atoms with E-state index in [1.165, 1.54) is 11.1 Å². The maximum absolute atomic E-state index is 5.31. The van der Waals surface area contributed by atoms with Crippen molar-refractivity contribution in [3.05, 3.63) is 163 Å². The third-order valence-corrected chi connectivity index (χ3v) is 12.2. The second kappa shape index (κ2) is 12.8. The smallest absolute Gasteiger partial charge is 0.358 e. The molecule has 0 radical (unpaired) electrons. The molecule has 0 saturated heterocycles. The van der Waals surface area contributed by atoms with E-state index in [1.807, 2.05) is 0 Å². The molecule has 0 bridgehead atoms. The van der Waals surface area contributed by atoms with E-state index in [9.17, 15) is 0 Å². The SMILES string of the molecule is CC(C)(C)c1ccc2c(c1)nc1n(-c3[c-]c(-n4c5[c-]c(-n6c7ccccc7n7c8ccc(C(C)(C)C)cc8nc67)ccc5c5ccccc54)ccc3)c3ccccc3n21.[Pt+2]. The van der Waals surface area contributed by atoms with Crippen molar-refractivity contribution in [2.75, 3.05) is 0 Å². The van der Waals surface area contributed by atoms with Gasteiger partial charge in [-0.05, 0) is 81.9 Å². The van der Waals surface area contributed by atoms with E-state index in [-0.39, 0.29) is 31.9 Å². The van der Waals surface area contributed by atoms with Crippen molar-refractivity contribution in [2.45, 2.75) is 52.4 Å². The molecule has 0 aliphatic carbocycles. The Balaban J connectivity index is 0.00000408. The molecule has 0 amide bonds. The molecule has 0 atom stereocenters. The first-order valence-corrected chi connectivity index (χ1v) is 20.4. The molecule has 294 valence electrons. The summed E-state index contributed by atoms with van der Waals surface area (Å²) in [6.45, 7) is 13.5. The van der Waals surface area contributed by atoms with Gasteiger partial charge < -0.3 is 13.7 Å². The summed E-state index contributed by atoms with van der Waals surface area (Å²) in [5.74, 6) is 1.73. The third kappa shape index (κ3) is 5.18. The average molecular weight is 959 g/mol. The Morgan fingerprint density at radius 3 is 1.40 bits per heavy atom. The van der Waals surface area contributed by atoms with Gasteiger partial charge in [-0.15, -0.1) is 35.7 Å². The van der Waals surface area contributed by atoms with Crippen molar-refractivity contribution in [1.29, 1.82) is 0 Å². The van der Waals surface area contributed by atoms with Crippen LogP contribution in [0.2, 0.25) is 0 Å². The third-order valence-electron chi connectivity index (χ3n) is 12.2. The number of hydrogen-bond donors (Lipinski definition) is 0. The van der Waals surface area contributed by atoms with Crippen LogP contribution < -0.4 is 0 Å². The molecule has 0 aliphatic rings. The Hall–Kier alpha value is -6.43. The summed E-state index contributed by atoms with van der Waals surface area (Å²) >= 11 is 0. The first-order chi connectivity index (χ1) is 28.5. The number of nitrogens with zero attached hydrogens (tertiary/aromatic N) is 7. The predicted octanol–water partition coefficient (Wildman–Crippen LogP) is 12.5. The van der Waals surface area contributed by atoms with Gasteiger partial charge in [0.05, 0.1) is 44.1 Å². The molecule has 7 aromatic carbocycles. The summed E-state index contributed by atoms with van der Waals surface area (Å²) in [5, 5.41) is 2.29. The second-order valence-corrected chi connectivity index (χ2v) is 17.9. The van der Waals surface area contributed by atoms with Crippen LogP contribution in [0.1, 0.15) is 52.7 Å². The molecule has 0 fully saturated rings. The van der Waals surface area contributed by atoms with Gasteiger partial charge in [0, 0.05) is 5.52 Å². The van der Waals surface area contributed by atoms with Crippen LogP contribution in [0.5, 0.6) is 0 Å². The average Bonchev–Trinajstić information content (AvgIpc) is 4.02. The Morgan fingerprint density at radius 1 is 0.400 bits per heavy atom. The van der Waals surface area contributed by atoms with Crippen LogP contribution in [0.4, 0.5) is 0 Å². The van der Waals surface area contributed by atoms with Crippen molar-refractivity contribution < 1.29 is 21.1 Å². The summed E-state index contributed by atoms with van der Waals surface area (Å²) in [6.07, 6.45) is 0. The number of benzene rings is 7. The largest absolute Gasteiger partial charge is 2.00 e. The number of aromatic nitrogens is 7. The van der Waals surface area contributed by atoms with Gasteiger partial charge in [-0.3, -0.25) is 8.80 Å². The maximum Gasteiger partial charge on any atom is 2.00 e. The van der Waals surface area contributed by atoms with Gasteiger partial charge in [-0.25, -0.2) is 9.97 Å². The van der Waals surface area contributed by atoms with Crippen LogP contribution >= 0.6 is 0 Å². The van der Waals surface area contributed by atoms with E-state index >= 15 is 0 Å². The Labute approximate surface area is 361 Å². The van der Waals surface area contributed by atoms with E-state index in [4.69, 9.17) is 9.97 Å². The minimum atomic E-state index is 0. The molecule has 0 aliphatic heterocycles. The second-order valence-electron chi connectivity index (χ2n) is 17.9. The molecule has 5 aromatic heterocycles. The molecule has 0 N–H and O–H groups in total. The number of rotatable bonds is 3. The zero-order valence-electron chi connectivity index (χ0n) is 34.2. The summed E-state index contributed by atoms with van der Waals surface area (Å²) in [6, 6.07) is 57.8. The number of fused-ring (bicyclic) bond motifs is 13. The first-order valence-electron chi connectivity index (χ1n) is 20.4. The van der Waals surface area contributed by atoms with Crippen LogP contribution in [0, 0.1) is 12.1 Å². The van der Waals surface area contributed by atoms with Crippen molar-refractivity contribution in [3.8, 4) is 17.1 Å². The van der Waals surface area contributed by atoms with Crippen molar-refractivity contribution in [2.24, 2.45) is 0 Å². The van der Waals surface area contributed by atoms with Gasteiger partial charge in [0.1, 0.15) is 0 Å². The zero-order valence-corrected chi connectivity index (χ0v) is 36.5. The summed E-state index contributed by atoms with van der Waals surface area (Å²) in [4.78, 5) is 10.6. The van der Waals surface area contributed by atoms with Gasteiger partial charge in [-0.1, -0.05) is 119 Å². The molecular weight excluding hydrogens is 918 g/mol. The van der Waals surface area contributed by atoms with Crippen molar-refractivity contribution in [1.82, 2.24) is 32.5 Å². The van der Waals surface area contributed by atoms with Crippen LogP contribution in [0.15, 0.2) is 140 Å². The quantitative estimate of drug-likeness (QED) is 0.166. The Bertz CT molecular complexity index is 3700. The molecular formula is C52H41N7Pt. The van der Waals surface area contributed by atoms with Gasteiger partial charge in [0.25, 0.3) is 0 Å². The van der Waals surface area contributed by atoms with Crippen LogP contribution in [0.3, 0.4) is 0 Å². The molecule has 7 nitrogen and oxygen atoms in total. The minimum absolute atomic E-state index is 0. The topological polar surface area (TPSA) is 49.4 Å². The van der Waals surface area contributed by atoms with Gasteiger partial charge in [0.15, 0.2) is 0 Å². The fourth-order valence-electron chi connectivity index (χ4n) is 9.19. The van der Waals surface area contributed by atoms with E-state index in [0.717, 1.165) is 94.6 Å². The Morgan fingerprint density at radius 2 is 0.867 bits per heavy atom. The molecule has 5 heterocycles. The number of hydrogen-bond acceptors (Lipinski definition) is 2. The van der Waals surface area contributed by atoms with Gasteiger partial charge in [-0.2, -0.15) is 12.1 Å².